The Labute approximate surface area is 158 Å². The molecule has 3 rings (SSSR count). The standard InChI is InChI=1S/C19H17N3O4S/c1-11(2)14-10-27-16(20-14)5-3-12-7-8-22-15(9-12)21-18(25)13(19(22)26)4-6-17(23)24/h3-11,25H,1-2H3,(H,23,24)/b5-3?,6-4+. The summed E-state index contributed by atoms with van der Waals surface area (Å²) in [5, 5.41) is 21.5. The lowest BCUT2D eigenvalue weighted by molar-refractivity contribution is -0.131. The molecule has 0 aliphatic heterocycles. The quantitative estimate of drug-likeness (QED) is 0.655. The van der Waals surface area contributed by atoms with Gasteiger partial charge in [0, 0.05) is 17.7 Å². The fourth-order valence-electron chi connectivity index (χ4n) is 2.37. The summed E-state index contributed by atoms with van der Waals surface area (Å²) in [7, 11) is 0. The van der Waals surface area contributed by atoms with Gasteiger partial charge in [-0.15, -0.1) is 11.3 Å². The van der Waals surface area contributed by atoms with Crippen LogP contribution in [-0.4, -0.2) is 30.6 Å². The second-order valence-electron chi connectivity index (χ2n) is 6.11. The molecule has 0 aliphatic rings. The number of aromatic hydroxyl groups is 1. The Kier molecular flexibility index (Phi) is 5.18. The smallest absolute Gasteiger partial charge is 0.328 e. The van der Waals surface area contributed by atoms with Crippen molar-refractivity contribution in [3.63, 3.8) is 0 Å². The van der Waals surface area contributed by atoms with Crippen molar-refractivity contribution in [3.05, 3.63) is 62.0 Å². The van der Waals surface area contributed by atoms with Crippen LogP contribution < -0.4 is 5.56 Å². The molecule has 0 bridgehead atoms. The van der Waals surface area contributed by atoms with E-state index in [4.69, 9.17) is 5.11 Å². The third-order valence-corrected chi connectivity index (χ3v) is 4.64. The molecule has 0 spiro atoms. The highest BCUT2D eigenvalue weighted by Gasteiger charge is 2.10. The van der Waals surface area contributed by atoms with Crippen molar-refractivity contribution in [3.8, 4) is 5.88 Å². The maximum Gasteiger partial charge on any atom is 0.328 e. The highest BCUT2D eigenvalue weighted by Crippen LogP contribution is 2.20. The van der Waals surface area contributed by atoms with Crippen LogP contribution in [-0.2, 0) is 4.79 Å². The van der Waals surface area contributed by atoms with Crippen LogP contribution in [0.4, 0.5) is 0 Å². The predicted molar refractivity (Wildman–Crippen MR) is 105 cm³/mol. The Morgan fingerprint density at radius 2 is 2.04 bits per heavy atom. The van der Waals surface area contributed by atoms with Crippen LogP contribution in [0.25, 0.3) is 23.9 Å². The number of hydrogen-bond acceptors (Lipinski definition) is 6. The first kappa shape index (κ1) is 18.5. The monoisotopic (exact) mass is 383 g/mol. The topological polar surface area (TPSA) is 105 Å². The third kappa shape index (κ3) is 4.12. The highest BCUT2D eigenvalue weighted by atomic mass is 32.1. The SMILES string of the molecule is CC(C)c1csc(C=Cc2ccn3c(=O)c(/C=C/C(=O)O)c(O)nc3c2)n1. The van der Waals surface area contributed by atoms with Crippen molar-refractivity contribution in [1.82, 2.24) is 14.4 Å². The molecular weight excluding hydrogens is 366 g/mol. The van der Waals surface area contributed by atoms with Crippen LogP contribution in [0.3, 0.4) is 0 Å². The third-order valence-electron chi connectivity index (χ3n) is 3.81. The molecule has 0 saturated carbocycles. The van der Waals surface area contributed by atoms with E-state index in [-0.39, 0.29) is 11.2 Å². The Morgan fingerprint density at radius 3 is 2.70 bits per heavy atom. The molecule has 27 heavy (non-hydrogen) atoms. The van der Waals surface area contributed by atoms with Crippen LogP contribution in [0.2, 0.25) is 0 Å². The minimum absolute atomic E-state index is 0.179. The van der Waals surface area contributed by atoms with Gasteiger partial charge in [-0.2, -0.15) is 4.98 Å². The Morgan fingerprint density at radius 1 is 1.26 bits per heavy atom. The first-order chi connectivity index (χ1) is 12.8. The minimum atomic E-state index is -1.22. The average Bonchev–Trinajstić information content (AvgIpc) is 3.08. The summed E-state index contributed by atoms with van der Waals surface area (Å²) < 4.78 is 1.25. The van der Waals surface area contributed by atoms with Crippen molar-refractivity contribution in [2.24, 2.45) is 0 Å². The van der Waals surface area contributed by atoms with E-state index in [1.807, 2.05) is 17.5 Å². The molecule has 2 N–H and O–H groups in total. The molecule has 0 aromatic carbocycles. The van der Waals surface area contributed by atoms with E-state index in [0.717, 1.165) is 28.4 Å². The zero-order valence-corrected chi connectivity index (χ0v) is 15.5. The minimum Gasteiger partial charge on any atom is -0.493 e. The molecule has 0 unspecified atom stereocenters. The van der Waals surface area contributed by atoms with Gasteiger partial charge in [0.1, 0.15) is 16.2 Å². The molecule has 7 nitrogen and oxygen atoms in total. The second kappa shape index (κ2) is 7.55. The highest BCUT2D eigenvalue weighted by molar-refractivity contribution is 7.10. The molecule has 138 valence electrons. The van der Waals surface area contributed by atoms with E-state index >= 15 is 0 Å². The summed E-state index contributed by atoms with van der Waals surface area (Å²) in [5.41, 5.74) is 1.36. The molecule has 3 heterocycles. The number of carboxylic acids is 1. The number of aromatic nitrogens is 3. The average molecular weight is 383 g/mol. The number of nitrogens with zero attached hydrogens (tertiary/aromatic N) is 3. The summed E-state index contributed by atoms with van der Waals surface area (Å²) in [6.45, 7) is 4.17. The lowest BCUT2D eigenvalue weighted by Gasteiger charge is -2.04. The van der Waals surface area contributed by atoms with Crippen molar-refractivity contribution < 1.29 is 15.0 Å². The van der Waals surface area contributed by atoms with Crippen LogP contribution in [0.5, 0.6) is 5.88 Å². The normalized spacial score (nSPS) is 12.0. The molecule has 0 fully saturated rings. The fourth-order valence-corrected chi connectivity index (χ4v) is 3.24. The summed E-state index contributed by atoms with van der Waals surface area (Å²) in [5.74, 6) is -1.37. The molecule has 8 heteroatoms. The van der Waals surface area contributed by atoms with Crippen LogP contribution in [0, 0.1) is 0 Å². The zero-order valence-electron chi connectivity index (χ0n) is 14.7. The molecule has 0 amide bonds. The number of hydrogen-bond donors (Lipinski definition) is 2. The van der Waals surface area contributed by atoms with Crippen molar-refractivity contribution >= 4 is 41.2 Å². The summed E-state index contributed by atoms with van der Waals surface area (Å²) in [6, 6.07) is 3.38. The molecule has 3 aromatic rings. The van der Waals surface area contributed by atoms with Gasteiger partial charge < -0.3 is 10.2 Å². The number of rotatable bonds is 5. The Balaban J connectivity index is 1.95. The number of aliphatic carboxylic acids is 1. The maximum atomic E-state index is 12.4. The van der Waals surface area contributed by atoms with Gasteiger partial charge in [-0.05, 0) is 35.8 Å². The summed E-state index contributed by atoms with van der Waals surface area (Å²) in [4.78, 5) is 31.5. The van der Waals surface area contributed by atoms with E-state index < -0.39 is 17.4 Å². The Bertz CT molecular complexity index is 1130. The van der Waals surface area contributed by atoms with E-state index in [0.29, 0.717) is 5.92 Å². The van der Waals surface area contributed by atoms with E-state index in [1.165, 1.54) is 10.6 Å². The van der Waals surface area contributed by atoms with Gasteiger partial charge in [-0.3, -0.25) is 9.20 Å². The maximum absolute atomic E-state index is 12.4. The van der Waals surface area contributed by atoms with E-state index in [1.54, 1.807) is 23.5 Å². The van der Waals surface area contributed by atoms with Crippen LogP contribution >= 0.6 is 11.3 Å². The van der Waals surface area contributed by atoms with Gasteiger partial charge in [-0.25, -0.2) is 9.78 Å². The van der Waals surface area contributed by atoms with Crippen molar-refractivity contribution in [2.45, 2.75) is 19.8 Å². The van der Waals surface area contributed by atoms with E-state index in [9.17, 15) is 14.7 Å². The molecule has 0 saturated heterocycles. The predicted octanol–water partition coefficient (Wildman–Crippen LogP) is 3.25. The van der Waals surface area contributed by atoms with Gasteiger partial charge in [0.2, 0.25) is 5.88 Å². The summed E-state index contributed by atoms with van der Waals surface area (Å²) in [6.07, 6.45) is 7.07. The van der Waals surface area contributed by atoms with Crippen molar-refractivity contribution in [2.75, 3.05) is 0 Å². The summed E-state index contributed by atoms with van der Waals surface area (Å²) >= 11 is 1.55. The first-order valence-electron chi connectivity index (χ1n) is 8.15. The van der Waals surface area contributed by atoms with Gasteiger partial charge in [0.15, 0.2) is 0 Å². The van der Waals surface area contributed by atoms with E-state index in [2.05, 4.69) is 23.8 Å². The van der Waals surface area contributed by atoms with Gasteiger partial charge in [0.05, 0.1) is 5.69 Å². The lowest BCUT2D eigenvalue weighted by Crippen LogP contribution is -2.17. The van der Waals surface area contributed by atoms with Gasteiger partial charge in [0.25, 0.3) is 5.56 Å². The Hall–Kier alpha value is -3.26. The number of thiazole rings is 1. The number of carboxylic acid groups (broad SMARTS) is 1. The zero-order chi connectivity index (χ0) is 19.6. The molecular formula is C19H17N3O4S. The second-order valence-corrected chi connectivity index (χ2v) is 7.00. The largest absolute Gasteiger partial charge is 0.493 e. The van der Waals surface area contributed by atoms with Crippen LogP contribution in [0.1, 0.15) is 41.6 Å². The molecule has 0 atom stereocenters. The fraction of sp³-hybridized carbons (Fsp3) is 0.158. The first-order valence-corrected chi connectivity index (χ1v) is 9.03. The van der Waals surface area contributed by atoms with Crippen molar-refractivity contribution in [1.29, 1.82) is 0 Å². The molecule has 3 aromatic heterocycles. The lowest BCUT2D eigenvalue weighted by atomic mass is 10.2. The number of pyridine rings is 1. The number of carbonyl (C=O) groups is 1. The van der Waals surface area contributed by atoms with Gasteiger partial charge in [-0.1, -0.05) is 19.9 Å². The van der Waals surface area contributed by atoms with Gasteiger partial charge >= 0.3 is 5.97 Å². The molecule has 0 aliphatic carbocycles. The van der Waals surface area contributed by atoms with Crippen LogP contribution in [0.15, 0.2) is 34.6 Å². The number of fused-ring (bicyclic) bond motifs is 1. The molecule has 0 radical (unpaired) electrons.